The number of hydrogen-bond donors (Lipinski definition) is 1. The zero-order valence-electron chi connectivity index (χ0n) is 6.61. The van der Waals surface area contributed by atoms with E-state index >= 15 is 0 Å². The van der Waals surface area contributed by atoms with E-state index in [-0.39, 0.29) is 0 Å². The van der Waals surface area contributed by atoms with Gasteiger partial charge >= 0.3 is 0 Å². The Morgan fingerprint density at radius 3 is 2.73 bits per heavy atom. The van der Waals surface area contributed by atoms with Crippen LogP contribution in [-0.4, -0.2) is 11.4 Å². The minimum Gasteiger partial charge on any atom is -0.460 e. The zero-order valence-corrected chi connectivity index (χ0v) is 6.61. The Kier molecular flexibility index (Phi) is 2.31. The largest absolute Gasteiger partial charge is 0.460 e. The van der Waals surface area contributed by atoms with Gasteiger partial charge in [-0.1, -0.05) is 19.0 Å². The first-order valence-corrected chi connectivity index (χ1v) is 3.51. The van der Waals surface area contributed by atoms with Crippen LogP contribution in [0.15, 0.2) is 21.7 Å². The third-order valence-corrected chi connectivity index (χ3v) is 1.40. The van der Waals surface area contributed by atoms with Crippen LogP contribution in [-0.2, 0) is 0 Å². The smallest absolute Gasteiger partial charge is 0.148 e. The first-order chi connectivity index (χ1) is 5.24. The third kappa shape index (κ3) is 1.83. The van der Waals surface area contributed by atoms with Crippen LogP contribution >= 0.6 is 0 Å². The van der Waals surface area contributed by atoms with E-state index in [1.165, 1.54) is 6.21 Å². The summed E-state index contributed by atoms with van der Waals surface area (Å²) in [6.45, 7) is 4.08. The quantitative estimate of drug-likeness (QED) is 0.402. The molecule has 0 spiro atoms. The van der Waals surface area contributed by atoms with Gasteiger partial charge in [-0.3, -0.25) is 0 Å². The predicted molar refractivity (Wildman–Crippen MR) is 42.2 cm³/mol. The van der Waals surface area contributed by atoms with Gasteiger partial charge in [-0.2, -0.15) is 0 Å². The summed E-state index contributed by atoms with van der Waals surface area (Å²) >= 11 is 0. The molecule has 0 radical (unpaired) electrons. The van der Waals surface area contributed by atoms with E-state index in [2.05, 4.69) is 5.16 Å². The second-order valence-electron chi connectivity index (χ2n) is 2.64. The molecule has 1 N–H and O–H groups in total. The summed E-state index contributed by atoms with van der Waals surface area (Å²) in [6, 6.07) is 3.65. The highest BCUT2D eigenvalue weighted by molar-refractivity contribution is 5.75. The third-order valence-electron chi connectivity index (χ3n) is 1.40. The van der Waals surface area contributed by atoms with Crippen LogP contribution in [0.4, 0.5) is 0 Å². The summed E-state index contributed by atoms with van der Waals surface area (Å²) in [5.41, 5.74) is 0. The molecule has 0 aliphatic heterocycles. The lowest BCUT2D eigenvalue weighted by Crippen LogP contribution is -1.81. The van der Waals surface area contributed by atoms with Crippen molar-refractivity contribution < 1.29 is 9.62 Å². The van der Waals surface area contributed by atoms with Crippen LogP contribution in [0.1, 0.15) is 31.3 Å². The lowest BCUT2D eigenvalue weighted by Gasteiger charge is -1.96. The van der Waals surface area contributed by atoms with E-state index in [0.29, 0.717) is 11.7 Å². The molecule has 0 aliphatic carbocycles. The van der Waals surface area contributed by atoms with Crippen molar-refractivity contribution in [1.82, 2.24) is 0 Å². The molecule has 3 nitrogen and oxygen atoms in total. The van der Waals surface area contributed by atoms with E-state index in [1.807, 2.05) is 19.9 Å². The summed E-state index contributed by atoms with van der Waals surface area (Å²) in [7, 11) is 0. The van der Waals surface area contributed by atoms with Gasteiger partial charge < -0.3 is 9.62 Å². The average Bonchev–Trinajstić information content (AvgIpc) is 2.37. The van der Waals surface area contributed by atoms with Crippen molar-refractivity contribution in [2.45, 2.75) is 19.8 Å². The maximum atomic E-state index is 8.18. The van der Waals surface area contributed by atoms with E-state index < -0.39 is 0 Å². The second-order valence-corrected chi connectivity index (χ2v) is 2.64. The lowest BCUT2D eigenvalue weighted by molar-refractivity contribution is 0.320. The molecule has 0 aromatic carbocycles. The predicted octanol–water partition coefficient (Wildman–Crippen LogP) is 2.21. The summed E-state index contributed by atoms with van der Waals surface area (Å²) in [5.74, 6) is 1.85. The van der Waals surface area contributed by atoms with E-state index in [9.17, 15) is 0 Å². The van der Waals surface area contributed by atoms with Crippen LogP contribution < -0.4 is 0 Å². The van der Waals surface area contributed by atoms with Crippen molar-refractivity contribution >= 4 is 6.21 Å². The van der Waals surface area contributed by atoms with Crippen LogP contribution in [0, 0.1) is 0 Å². The van der Waals surface area contributed by atoms with Crippen molar-refractivity contribution in [3.05, 3.63) is 23.7 Å². The van der Waals surface area contributed by atoms with Gasteiger partial charge in [-0.05, 0) is 12.1 Å². The molecule has 0 saturated carbocycles. The highest BCUT2D eigenvalue weighted by Crippen LogP contribution is 2.16. The Morgan fingerprint density at radius 2 is 2.27 bits per heavy atom. The summed E-state index contributed by atoms with van der Waals surface area (Å²) < 4.78 is 5.28. The van der Waals surface area contributed by atoms with Crippen molar-refractivity contribution in [1.29, 1.82) is 0 Å². The summed E-state index contributed by atoms with van der Waals surface area (Å²) in [4.78, 5) is 0. The summed E-state index contributed by atoms with van der Waals surface area (Å²) in [5, 5.41) is 11.0. The molecule has 0 fully saturated rings. The molecule has 11 heavy (non-hydrogen) atoms. The molecule has 0 unspecified atom stereocenters. The number of nitrogens with zero attached hydrogens (tertiary/aromatic N) is 1. The molecule has 3 heteroatoms. The highest BCUT2D eigenvalue weighted by atomic mass is 16.4. The van der Waals surface area contributed by atoms with Crippen molar-refractivity contribution in [3.63, 3.8) is 0 Å². The Morgan fingerprint density at radius 1 is 1.55 bits per heavy atom. The van der Waals surface area contributed by atoms with Gasteiger partial charge in [0, 0.05) is 5.92 Å². The molecule has 60 valence electrons. The zero-order chi connectivity index (χ0) is 8.27. The fourth-order valence-electron chi connectivity index (χ4n) is 0.805. The fraction of sp³-hybridized carbons (Fsp3) is 0.375. The van der Waals surface area contributed by atoms with Crippen LogP contribution in [0.2, 0.25) is 0 Å². The van der Waals surface area contributed by atoms with Gasteiger partial charge in [-0.15, -0.1) is 0 Å². The molecule has 1 aromatic heterocycles. The molecular formula is C8H11NO2. The number of rotatable bonds is 2. The van der Waals surface area contributed by atoms with E-state index in [0.717, 1.165) is 5.76 Å². The minimum atomic E-state index is 0.371. The standard InChI is InChI=1S/C8H11NO2/c1-6(2)8-4-3-7(11-8)5-9-10/h3-6,10H,1-2H3/b9-5-. The second kappa shape index (κ2) is 3.23. The van der Waals surface area contributed by atoms with Gasteiger partial charge in [0.15, 0.2) is 0 Å². The van der Waals surface area contributed by atoms with Crippen LogP contribution in [0.3, 0.4) is 0 Å². The van der Waals surface area contributed by atoms with Crippen LogP contribution in [0.5, 0.6) is 0 Å². The number of hydrogen-bond acceptors (Lipinski definition) is 3. The first kappa shape index (κ1) is 7.85. The lowest BCUT2D eigenvalue weighted by atomic mass is 10.2. The van der Waals surface area contributed by atoms with Gasteiger partial charge in [0.2, 0.25) is 0 Å². The molecule has 0 saturated heterocycles. The molecule has 0 amide bonds. The van der Waals surface area contributed by atoms with Crippen LogP contribution in [0.25, 0.3) is 0 Å². The maximum Gasteiger partial charge on any atom is 0.148 e. The number of oxime groups is 1. The molecule has 1 rings (SSSR count). The first-order valence-electron chi connectivity index (χ1n) is 3.51. The van der Waals surface area contributed by atoms with Gasteiger partial charge in [0.05, 0.1) is 0 Å². The Labute approximate surface area is 65.3 Å². The van der Waals surface area contributed by atoms with E-state index in [1.54, 1.807) is 6.07 Å². The van der Waals surface area contributed by atoms with Crippen molar-refractivity contribution in [2.75, 3.05) is 0 Å². The van der Waals surface area contributed by atoms with Gasteiger partial charge in [0.1, 0.15) is 17.7 Å². The normalized spacial score (nSPS) is 11.5. The van der Waals surface area contributed by atoms with E-state index in [4.69, 9.17) is 9.62 Å². The molecule has 1 heterocycles. The van der Waals surface area contributed by atoms with Gasteiger partial charge in [-0.25, -0.2) is 0 Å². The molecule has 0 atom stereocenters. The highest BCUT2D eigenvalue weighted by Gasteiger charge is 2.03. The molecule has 0 bridgehead atoms. The topological polar surface area (TPSA) is 45.7 Å². The molecular weight excluding hydrogens is 142 g/mol. The SMILES string of the molecule is CC(C)c1ccc(/C=N\O)o1. The maximum absolute atomic E-state index is 8.18. The Hall–Kier alpha value is -1.25. The van der Waals surface area contributed by atoms with Crippen molar-refractivity contribution in [2.24, 2.45) is 5.16 Å². The fourth-order valence-corrected chi connectivity index (χ4v) is 0.805. The average molecular weight is 153 g/mol. The molecule has 0 aliphatic rings. The molecule has 1 aromatic rings. The summed E-state index contributed by atoms with van der Waals surface area (Å²) in [6.07, 6.45) is 1.27. The number of furan rings is 1. The van der Waals surface area contributed by atoms with Crippen molar-refractivity contribution in [3.8, 4) is 0 Å². The Bertz CT molecular complexity index is 250. The minimum absolute atomic E-state index is 0.371. The monoisotopic (exact) mass is 153 g/mol. The Balaban J connectivity index is 2.81. The van der Waals surface area contributed by atoms with Gasteiger partial charge in [0.25, 0.3) is 0 Å².